The number of hydrogen-bond donors (Lipinski definition) is 1. The summed E-state index contributed by atoms with van der Waals surface area (Å²) in [6, 6.07) is 14.1. The van der Waals surface area contributed by atoms with Gasteiger partial charge in [-0.1, -0.05) is 48.2 Å². The Hall–Kier alpha value is -3.17. The highest BCUT2D eigenvalue weighted by Gasteiger charge is 2.23. The lowest BCUT2D eigenvalue weighted by atomic mass is 10.1. The van der Waals surface area contributed by atoms with Gasteiger partial charge in [-0.15, -0.1) is 21.5 Å². The van der Waals surface area contributed by atoms with Crippen LogP contribution in [0.15, 0.2) is 53.0 Å². The minimum atomic E-state index is -0.453. The van der Waals surface area contributed by atoms with Crippen LogP contribution < -0.4 is 0 Å². The van der Waals surface area contributed by atoms with Gasteiger partial charge in [0, 0.05) is 5.69 Å². The molecule has 1 aromatic carbocycles. The first-order chi connectivity index (χ1) is 15.5. The first kappa shape index (κ1) is 22.0. The van der Waals surface area contributed by atoms with Crippen LogP contribution in [0, 0.1) is 13.8 Å². The summed E-state index contributed by atoms with van der Waals surface area (Å²) < 4.78 is 6.87. The Morgan fingerprint density at radius 3 is 2.59 bits per heavy atom. The highest BCUT2D eigenvalue weighted by atomic mass is 32.2. The number of thiophene rings is 1. The lowest BCUT2D eigenvalue weighted by molar-refractivity contribution is 0.0599. The van der Waals surface area contributed by atoms with E-state index in [1.165, 1.54) is 18.9 Å². The molecule has 0 bridgehead atoms. The molecule has 0 amide bonds. The van der Waals surface area contributed by atoms with Crippen molar-refractivity contribution in [1.82, 2.24) is 19.7 Å². The van der Waals surface area contributed by atoms with Gasteiger partial charge in [0.1, 0.15) is 0 Å². The van der Waals surface area contributed by atoms with Crippen LogP contribution in [-0.4, -0.2) is 44.4 Å². The molecule has 7 nitrogen and oxygen atoms in total. The fourth-order valence-electron chi connectivity index (χ4n) is 3.53. The minimum absolute atomic E-state index is 0.113. The number of carbonyl (C=O) groups excluding carboxylic acids is 2. The Balaban J connectivity index is 1.58. The summed E-state index contributed by atoms with van der Waals surface area (Å²) >= 11 is 2.93. The van der Waals surface area contributed by atoms with Crippen LogP contribution in [0.1, 0.15) is 37.7 Å². The highest BCUT2D eigenvalue weighted by Crippen LogP contribution is 2.29. The molecule has 0 saturated carbocycles. The number of aromatic amines is 1. The third-order valence-electron chi connectivity index (χ3n) is 5.08. The van der Waals surface area contributed by atoms with Gasteiger partial charge in [-0.25, -0.2) is 4.79 Å². The Bertz CT molecular complexity index is 1240. The summed E-state index contributed by atoms with van der Waals surface area (Å²) in [4.78, 5) is 29.0. The maximum absolute atomic E-state index is 13.0. The molecule has 3 heterocycles. The molecule has 32 heavy (non-hydrogen) atoms. The highest BCUT2D eigenvalue weighted by molar-refractivity contribution is 7.99. The van der Waals surface area contributed by atoms with Crippen molar-refractivity contribution in [3.8, 4) is 10.7 Å². The molecule has 0 saturated heterocycles. The third-order valence-corrected chi connectivity index (χ3v) is 6.91. The van der Waals surface area contributed by atoms with Crippen LogP contribution in [-0.2, 0) is 11.3 Å². The number of hydrogen-bond acceptors (Lipinski definition) is 7. The van der Waals surface area contributed by atoms with E-state index >= 15 is 0 Å². The Morgan fingerprint density at radius 2 is 1.91 bits per heavy atom. The van der Waals surface area contributed by atoms with E-state index in [1.54, 1.807) is 25.2 Å². The number of esters is 1. The fraction of sp³-hybridized carbons (Fsp3) is 0.217. The second-order valence-corrected chi connectivity index (χ2v) is 9.07. The van der Waals surface area contributed by atoms with Crippen LogP contribution in [0.4, 0.5) is 0 Å². The summed E-state index contributed by atoms with van der Waals surface area (Å²) in [5.74, 6) is 0.376. The molecule has 3 aromatic heterocycles. The van der Waals surface area contributed by atoms with Crippen molar-refractivity contribution in [3.05, 3.63) is 75.9 Å². The van der Waals surface area contributed by atoms with Crippen LogP contribution in [0.25, 0.3) is 10.7 Å². The van der Waals surface area contributed by atoms with E-state index in [0.717, 1.165) is 16.3 Å². The van der Waals surface area contributed by atoms with Crippen molar-refractivity contribution in [3.63, 3.8) is 0 Å². The lowest BCUT2D eigenvalue weighted by Crippen LogP contribution is -2.09. The number of methoxy groups -OCH3 is 1. The molecule has 4 aromatic rings. The largest absolute Gasteiger partial charge is 0.465 e. The number of nitrogens with zero attached hydrogens (tertiary/aromatic N) is 3. The number of H-pyrrole nitrogens is 1. The molecule has 9 heteroatoms. The van der Waals surface area contributed by atoms with E-state index in [9.17, 15) is 9.59 Å². The first-order valence-electron chi connectivity index (χ1n) is 9.94. The van der Waals surface area contributed by atoms with Gasteiger partial charge in [0.15, 0.2) is 16.8 Å². The van der Waals surface area contributed by atoms with Gasteiger partial charge in [0.2, 0.25) is 0 Å². The average molecular weight is 467 g/mol. The van der Waals surface area contributed by atoms with E-state index in [-0.39, 0.29) is 11.5 Å². The van der Waals surface area contributed by atoms with Crippen molar-refractivity contribution in [2.45, 2.75) is 25.5 Å². The molecule has 0 spiro atoms. The van der Waals surface area contributed by atoms with Crippen molar-refractivity contribution in [1.29, 1.82) is 0 Å². The lowest BCUT2D eigenvalue weighted by Gasteiger charge is -2.09. The van der Waals surface area contributed by atoms with Gasteiger partial charge in [0.25, 0.3) is 0 Å². The molecule has 0 fully saturated rings. The molecule has 0 aliphatic carbocycles. The second kappa shape index (κ2) is 9.54. The SMILES string of the molecule is COC(=O)c1c(C)[nH]c(C(=O)CSc2nnc(-c3cccs3)n2Cc2ccccc2)c1C. The number of rotatable bonds is 8. The molecule has 4 rings (SSSR count). The van der Waals surface area contributed by atoms with Crippen molar-refractivity contribution in [2.24, 2.45) is 0 Å². The topological polar surface area (TPSA) is 89.9 Å². The number of thioether (sulfide) groups is 1. The zero-order valence-corrected chi connectivity index (χ0v) is 19.5. The van der Waals surface area contributed by atoms with Crippen LogP contribution >= 0.6 is 23.1 Å². The predicted molar refractivity (Wildman–Crippen MR) is 126 cm³/mol. The fourth-order valence-corrected chi connectivity index (χ4v) is 5.06. The van der Waals surface area contributed by atoms with Crippen LogP contribution in [0.2, 0.25) is 0 Å². The monoisotopic (exact) mass is 466 g/mol. The zero-order chi connectivity index (χ0) is 22.7. The van der Waals surface area contributed by atoms with Gasteiger partial charge < -0.3 is 9.72 Å². The first-order valence-corrected chi connectivity index (χ1v) is 11.8. The van der Waals surface area contributed by atoms with E-state index in [0.29, 0.717) is 34.2 Å². The smallest absolute Gasteiger partial charge is 0.339 e. The molecule has 0 unspecified atom stereocenters. The van der Waals surface area contributed by atoms with Gasteiger partial charge in [-0.05, 0) is 36.4 Å². The number of Topliss-reactive ketones (excluding diaryl/α,β-unsaturated/α-hetero) is 1. The number of carbonyl (C=O) groups is 2. The third kappa shape index (κ3) is 4.39. The van der Waals surface area contributed by atoms with Crippen molar-refractivity contribution in [2.75, 3.05) is 12.9 Å². The Morgan fingerprint density at radius 1 is 1.12 bits per heavy atom. The van der Waals surface area contributed by atoms with E-state index in [2.05, 4.69) is 27.3 Å². The molecule has 0 atom stereocenters. The molecule has 0 aliphatic heterocycles. The number of aryl methyl sites for hydroxylation is 1. The zero-order valence-electron chi connectivity index (χ0n) is 17.9. The summed E-state index contributed by atoms with van der Waals surface area (Å²) in [7, 11) is 1.33. The molecule has 164 valence electrons. The Kier molecular flexibility index (Phi) is 6.57. The van der Waals surface area contributed by atoms with Crippen LogP contribution in [0.3, 0.4) is 0 Å². The molecular weight excluding hydrogens is 444 g/mol. The maximum Gasteiger partial charge on any atom is 0.339 e. The quantitative estimate of drug-likeness (QED) is 0.229. The number of ketones is 1. The van der Waals surface area contributed by atoms with Gasteiger partial charge >= 0.3 is 5.97 Å². The van der Waals surface area contributed by atoms with Gasteiger partial charge in [-0.3, -0.25) is 9.36 Å². The van der Waals surface area contributed by atoms with E-state index in [1.807, 2.05) is 40.3 Å². The van der Waals surface area contributed by atoms with Crippen molar-refractivity contribution >= 4 is 34.9 Å². The van der Waals surface area contributed by atoms with Gasteiger partial charge in [-0.2, -0.15) is 0 Å². The Labute approximate surface area is 193 Å². The molecule has 0 radical (unpaired) electrons. The normalized spacial score (nSPS) is 11.0. The number of benzene rings is 1. The predicted octanol–water partition coefficient (Wildman–Crippen LogP) is 4.76. The van der Waals surface area contributed by atoms with E-state index in [4.69, 9.17) is 4.74 Å². The van der Waals surface area contributed by atoms with Gasteiger partial charge in [0.05, 0.1) is 35.5 Å². The van der Waals surface area contributed by atoms with Crippen molar-refractivity contribution < 1.29 is 14.3 Å². The van der Waals surface area contributed by atoms with E-state index < -0.39 is 5.97 Å². The summed E-state index contributed by atoms with van der Waals surface area (Å²) in [5, 5.41) is 11.4. The molecule has 1 N–H and O–H groups in total. The summed E-state index contributed by atoms with van der Waals surface area (Å²) in [6.07, 6.45) is 0. The second-order valence-electron chi connectivity index (χ2n) is 7.18. The summed E-state index contributed by atoms with van der Waals surface area (Å²) in [5.41, 5.74) is 3.17. The standard InChI is InChI=1S/C23H22N4O3S2/c1-14-19(22(29)30-3)15(2)24-20(14)17(28)13-32-23-26-25-21(18-10-7-11-31-18)27(23)12-16-8-5-4-6-9-16/h4-11,24H,12-13H2,1-3H3. The van der Waals surface area contributed by atoms with Crippen LogP contribution in [0.5, 0.6) is 0 Å². The molecular formula is C23H22N4O3S2. The molecule has 0 aliphatic rings. The maximum atomic E-state index is 13.0. The minimum Gasteiger partial charge on any atom is -0.465 e. The number of nitrogens with one attached hydrogen (secondary N) is 1. The average Bonchev–Trinajstić information content (AvgIpc) is 3.52. The summed E-state index contributed by atoms with van der Waals surface area (Å²) in [6.45, 7) is 4.11. The number of ether oxygens (including phenoxy) is 1. The number of aromatic nitrogens is 4.